The van der Waals surface area contributed by atoms with Gasteiger partial charge >= 0.3 is 5.97 Å². The molecule has 0 spiro atoms. The van der Waals surface area contributed by atoms with Gasteiger partial charge in [-0.05, 0) is 23.8 Å². The van der Waals surface area contributed by atoms with Gasteiger partial charge in [-0.15, -0.1) is 0 Å². The van der Waals surface area contributed by atoms with Crippen molar-refractivity contribution >= 4 is 17.6 Å². The molecule has 35 heavy (non-hydrogen) atoms. The fraction of sp³-hybridized carbons (Fsp3) is 0.231. The van der Waals surface area contributed by atoms with Crippen LogP contribution in [-0.2, 0) is 16.1 Å². The van der Waals surface area contributed by atoms with Crippen LogP contribution in [0.5, 0.6) is 28.7 Å². The molecule has 0 radical (unpaired) electrons. The molecule has 184 valence electrons. The lowest BCUT2D eigenvalue weighted by Gasteiger charge is -2.15. The van der Waals surface area contributed by atoms with Crippen LogP contribution in [0.4, 0.5) is 5.69 Å². The van der Waals surface area contributed by atoms with E-state index in [1.807, 2.05) is 30.3 Å². The van der Waals surface area contributed by atoms with Crippen LogP contribution < -0.4 is 29.0 Å². The molecule has 3 aromatic rings. The Morgan fingerprint density at radius 2 is 1.40 bits per heavy atom. The van der Waals surface area contributed by atoms with E-state index >= 15 is 0 Å². The molecule has 0 bridgehead atoms. The fourth-order valence-corrected chi connectivity index (χ4v) is 3.21. The van der Waals surface area contributed by atoms with E-state index in [2.05, 4.69) is 5.32 Å². The molecular formula is C26H27NO8. The molecule has 0 aliphatic carbocycles. The minimum Gasteiger partial charge on any atom is -0.493 e. The SMILES string of the molecule is COc1cc(C(=O)OCC(=O)Nc2cc(OC)c(OC)c(OC)c2)ccc1OCc1ccccc1. The normalized spacial score (nSPS) is 10.2. The van der Waals surface area contributed by atoms with Gasteiger partial charge in [-0.25, -0.2) is 4.79 Å². The average molecular weight is 482 g/mol. The number of anilines is 1. The molecule has 0 aromatic heterocycles. The van der Waals surface area contributed by atoms with Gasteiger partial charge in [0.25, 0.3) is 5.91 Å². The van der Waals surface area contributed by atoms with Gasteiger partial charge in [-0.2, -0.15) is 0 Å². The Morgan fingerprint density at radius 1 is 0.743 bits per heavy atom. The largest absolute Gasteiger partial charge is 0.493 e. The van der Waals surface area contributed by atoms with Crippen LogP contribution in [0, 0.1) is 0 Å². The predicted molar refractivity (Wildman–Crippen MR) is 129 cm³/mol. The molecule has 0 unspecified atom stereocenters. The highest BCUT2D eigenvalue weighted by molar-refractivity contribution is 5.96. The van der Waals surface area contributed by atoms with Crippen molar-refractivity contribution in [1.82, 2.24) is 0 Å². The molecule has 0 fully saturated rings. The molecule has 9 nitrogen and oxygen atoms in total. The third-order valence-electron chi connectivity index (χ3n) is 4.92. The summed E-state index contributed by atoms with van der Waals surface area (Å²) < 4.78 is 32.1. The van der Waals surface area contributed by atoms with E-state index in [1.165, 1.54) is 34.5 Å². The number of esters is 1. The third-order valence-corrected chi connectivity index (χ3v) is 4.92. The Hall–Kier alpha value is -4.40. The summed E-state index contributed by atoms with van der Waals surface area (Å²) in [5, 5.41) is 2.64. The van der Waals surface area contributed by atoms with Crippen LogP contribution in [0.25, 0.3) is 0 Å². The van der Waals surface area contributed by atoms with Crippen LogP contribution in [0.2, 0.25) is 0 Å². The van der Waals surface area contributed by atoms with Crippen molar-refractivity contribution in [3.05, 3.63) is 71.8 Å². The Morgan fingerprint density at radius 3 is 2.00 bits per heavy atom. The van der Waals surface area contributed by atoms with Crippen molar-refractivity contribution in [3.8, 4) is 28.7 Å². The van der Waals surface area contributed by atoms with Crippen LogP contribution in [0.3, 0.4) is 0 Å². The average Bonchev–Trinajstić information content (AvgIpc) is 2.90. The van der Waals surface area contributed by atoms with Crippen LogP contribution in [0.1, 0.15) is 15.9 Å². The van der Waals surface area contributed by atoms with Gasteiger partial charge in [0.2, 0.25) is 5.75 Å². The number of ether oxygens (including phenoxy) is 6. The molecule has 3 aromatic carbocycles. The van der Waals surface area contributed by atoms with Gasteiger partial charge in [-0.3, -0.25) is 4.79 Å². The number of carbonyl (C=O) groups excluding carboxylic acids is 2. The van der Waals surface area contributed by atoms with Crippen molar-refractivity contribution in [2.24, 2.45) is 0 Å². The first-order valence-corrected chi connectivity index (χ1v) is 10.6. The second-order valence-corrected chi connectivity index (χ2v) is 7.18. The zero-order chi connectivity index (χ0) is 25.2. The Bertz CT molecular complexity index is 1140. The molecule has 3 rings (SSSR count). The monoisotopic (exact) mass is 481 g/mol. The molecule has 0 saturated carbocycles. The standard InChI is InChI=1S/C26H27NO8/c1-30-21-12-18(10-11-20(21)34-15-17-8-6-5-7-9-17)26(29)35-16-24(28)27-19-13-22(31-2)25(33-4)23(14-19)32-3/h5-14H,15-16H2,1-4H3,(H,27,28). The topological polar surface area (TPSA) is 102 Å². The minimum atomic E-state index is -0.682. The lowest BCUT2D eigenvalue weighted by atomic mass is 10.2. The summed E-state index contributed by atoms with van der Waals surface area (Å²) in [4.78, 5) is 24.8. The zero-order valence-electron chi connectivity index (χ0n) is 20.0. The van der Waals surface area contributed by atoms with Crippen LogP contribution in [0.15, 0.2) is 60.7 Å². The first-order chi connectivity index (χ1) is 17.0. The molecular weight excluding hydrogens is 454 g/mol. The van der Waals surface area contributed by atoms with Crippen molar-refractivity contribution in [1.29, 1.82) is 0 Å². The summed E-state index contributed by atoms with van der Waals surface area (Å²) in [6, 6.07) is 17.5. The number of amides is 1. The van der Waals surface area contributed by atoms with Gasteiger partial charge < -0.3 is 33.7 Å². The quantitative estimate of drug-likeness (QED) is 0.409. The van der Waals surface area contributed by atoms with E-state index in [4.69, 9.17) is 28.4 Å². The van der Waals surface area contributed by atoms with Gasteiger partial charge in [0, 0.05) is 17.8 Å². The molecule has 0 aliphatic heterocycles. The van der Waals surface area contributed by atoms with Gasteiger partial charge in [0.05, 0.1) is 34.0 Å². The molecule has 0 atom stereocenters. The van der Waals surface area contributed by atoms with Crippen molar-refractivity contribution in [2.45, 2.75) is 6.61 Å². The van der Waals surface area contributed by atoms with E-state index in [0.29, 0.717) is 41.0 Å². The summed E-state index contributed by atoms with van der Waals surface area (Å²) in [7, 11) is 5.90. The summed E-state index contributed by atoms with van der Waals surface area (Å²) in [6.07, 6.45) is 0. The Balaban J connectivity index is 1.60. The Labute approximate surface area is 203 Å². The van der Waals surface area contributed by atoms with Gasteiger partial charge in [0.1, 0.15) is 6.61 Å². The van der Waals surface area contributed by atoms with E-state index in [0.717, 1.165) is 5.56 Å². The van der Waals surface area contributed by atoms with Gasteiger partial charge in [-0.1, -0.05) is 30.3 Å². The molecule has 9 heteroatoms. The maximum Gasteiger partial charge on any atom is 0.338 e. The molecule has 0 saturated heterocycles. The zero-order valence-corrected chi connectivity index (χ0v) is 20.0. The number of hydrogen-bond acceptors (Lipinski definition) is 8. The summed E-state index contributed by atoms with van der Waals surface area (Å²) >= 11 is 0. The highest BCUT2D eigenvalue weighted by Crippen LogP contribution is 2.39. The van der Waals surface area contributed by atoms with Crippen LogP contribution >= 0.6 is 0 Å². The van der Waals surface area contributed by atoms with E-state index in [-0.39, 0.29) is 5.56 Å². The van der Waals surface area contributed by atoms with E-state index in [1.54, 1.807) is 24.3 Å². The number of rotatable bonds is 11. The molecule has 0 aliphatic rings. The Kier molecular flexibility index (Phi) is 8.77. The first kappa shape index (κ1) is 25.2. The second kappa shape index (κ2) is 12.2. The highest BCUT2D eigenvalue weighted by Gasteiger charge is 2.17. The lowest BCUT2D eigenvalue weighted by Crippen LogP contribution is -2.21. The van der Waals surface area contributed by atoms with Crippen molar-refractivity contribution in [3.63, 3.8) is 0 Å². The number of carbonyl (C=O) groups is 2. The molecule has 0 heterocycles. The first-order valence-electron chi connectivity index (χ1n) is 10.6. The number of hydrogen-bond donors (Lipinski definition) is 1. The van der Waals surface area contributed by atoms with Crippen molar-refractivity contribution < 1.29 is 38.0 Å². The lowest BCUT2D eigenvalue weighted by molar-refractivity contribution is -0.119. The predicted octanol–water partition coefficient (Wildman–Crippen LogP) is 4.10. The summed E-state index contributed by atoms with van der Waals surface area (Å²) in [5.41, 5.74) is 1.60. The van der Waals surface area contributed by atoms with Crippen LogP contribution in [-0.4, -0.2) is 46.9 Å². The van der Waals surface area contributed by atoms with Gasteiger partial charge in [0.15, 0.2) is 29.6 Å². The maximum absolute atomic E-state index is 12.5. The van der Waals surface area contributed by atoms with Crippen molar-refractivity contribution in [2.75, 3.05) is 40.4 Å². The minimum absolute atomic E-state index is 0.217. The number of nitrogens with one attached hydrogen (secondary N) is 1. The fourth-order valence-electron chi connectivity index (χ4n) is 3.21. The maximum atomic E-state index is 12.5. The smallest absolute Gasteiger partial charge is 0.338 e. The molecule has 1 N–H and O–H groups in total. The highest BCUT2D eigenvalue weighted by atomic mass is 16.5. The number of methoxy groups -OCH3 is 4. The van der Waals surface area contributed by atoms with E-state index in [9.17, 15) is 9.59 Å². The molecule has 1 amide bonds. The third kappa shape index (κ3) is 6.57. The summed E-state index contributed by atoms with van der Waals surface area (Å²) in [6.45, 7) is -0.147. The van der Waals surface area contributed by atoms with E-state index < -0.39 is 18.5 Å². The number of benzene rings is 3. The second-order valence-electron chi connectivity index (χ2n) is 7.18. The summed E-state index contributed by atoms with van der Waals surface area (Å²) in [5.74, 6) is 0.775.